The minimum absolute atomic E-state index is 0.00144. The average molecular weight is 345 g/mol. The number of rotatable bonds is 3. The molecule has 1 aliphatic carbocycles. The van der Waals surface area contributed by atoms with Crippen molar-refractivity contribution in [1.29, 1.82) is 0 Å². The zero-order valence-electron chi connectivity index (χ0n) is 13.8. The molecule has 1 amide bonds. The largest absolute Gasteiger partial charge is 0.342 e. The molecular formula is C18H23N3O2S. The highest BCUT2D eigenvalue weighted by molar-refractivity contribution is 7.98. The summed E-state index contributed by atoms with van der Waals surface area (Å²) >= 11 is 1.86. The van der Waals surface area contributed by atoms with Crippen molar-refractivity contribution in [3.63, 3.8) is 0 Å². The predicted molar refractivity (Wildman–Crippen MR) is 94.9 cm³/mol. The smallest absolute Gasteiger partial charge is 0.267 e. The highest BCUT2D eigenvalue weighted by Crippen LogP contribution is 2.26. The molecule has 6 heteroatoms. The summed E-state index contributed by atoms with van der Waals surface area (Å²) in [5, 5.41) is 4.57. The van der Waals surface area contributed by atoms with Crippen LogP contribution in [-0.2, 0) is 23.5 Å². The summed E-state index contributed by atoms with van der Waals surface area (Å²) < 4.78 is 1.62. The van der Waals surface area contributed by atoms with Gasteiger partial charge in [0.2, 0.25) is 5.91 Å². The molecule has 0 saturated carbocycles. The third-order valence-electron chi connectivity index (χ3n) is 5.22. The van der Waals surface area contributed by atoms with Crippen LogP contribution >= 0.6 is 11.8 Å². The summed E-state index contributed by atoms with van der Waals surface area (Å²) in [6.45, 7) is 2.16. The number of aryl methyl sites for hydroxylation is 1. The van der Waals surface area contributed by atoms with Gasteiger partial charge < -0.3 is 4.90 Å². The molecule has 24 heavy (non-hydrogen) atoms. The molecule has 128 valence electrons. The highest BCUT2D eigenvalue weighted by Gasteiger charge is 2.34. The van der Waals surface area contributed by atoms with E-state index in [1.807, 2.05) is 16.7 Å². The lowest BCUT2D eigenvalue weighted by Crippen LogP contribution is -2.54. The number of aromatic nitrogens is 2. The second kappa shape index (κ2) is 6.75. The summed E-state index contributed by atoms with van der Waals surface area (Å²) in [7, 11) is 0. The van der Waals surface area contributed by atoms with E-state index in [1.54, 1.807) is 10.7 Å². The second-order valence-electron chi connectivity index (χ2n) is 7.03. The van der Waals surface area contributed by atoms with Crippen LogP contribution in [0.15, 0.2) is 23.0 Å². The fourth-order valence-electron chi connectivity index (χ4n) is 3.77. The van der Waals surface area contributed by atoms with Gasteiger partial charge in [-0.05, 0) is 30.6 Å². The summed E-state index contributed by atoms with van der Waals surface area (Å²) in [6, 6.07) is 1.75. The summed E-state index contributed by atoms with van der Waals surface area (Å²) in [5.74, 6) is 2.80. The molecule has 3 heterocycles. The van der Waals surface area contributed by atoms with Crippen molar-refractivity contribution in [2.24, 2.45) is 11.8 Å². The molecule has 0 spiro atoms. The van der Waals surface area contributed by atoms with Crippen LogP contribution in [0, 0.1) is 11.8 Å². The molecule has 0 bridgehead atoms. The van der Waals surface area contributed by atoms with Gasteiger partial charge in [0, 0.05) is 43.2 Å². The molecule has 3 aliphatic rings. The van der Waals surface area contributed by atoms with E-state index in [4.69, 9.17) is 0 Å². The molecule has 0 N–H and O–H groups in total. The first kappa shape index (κ1) is 15.9. The minimum Gasteiger partial charge on any atom is -0.342 e. The quantitative estimate of drug-likeness (QED) is 0.785. The number of likely N-dealkylation sites (tertiary alicyclic amines) is 1. The van der Waals surface area contributed by atoms with Crippen LogP contribution in [0.25, 0.3) is 0 Å². The van der Waals surface area contributed by atoms with Crippen molar-refractivity contribution < 1.29 is 4.79 Å². The maximum Gasteiger partial charge on any atom is 0.267 e. The maximum absolute atomic E-state index is 12.4. The Bertz CT molecular complexity index is 721. The van der Waals surface area contributed by atoms with E-state index in [0.29, 0.717) is 18.4 Å². The fourth-order valence-corrected chi connectivity index (χ4v) is 4.72. The molecule has 4 rings (SSSR count). The molecule has 0 aromatic carbocycles. The van der Waals surface area contributed by atoms with Gasteiger partial charge in [-0.15, -0.1) is 0 Å². The number of fused-ring (bicyclic) bond motifs is 1. The molecule has 1 saturated heterocycles. The first-order valence-corrected chi connectivity index (χ1v) is 9.97. The minimum atomic E-state index is -0.00144. The maximum atomic E-state index is 12.4. The van der Waals surface area contributed by atoms with Crippen LogP contribution in [0.5, 0.6) is 0 Å². The number of hydrogen-bond donors (Lipinski definition) is 0. The Balaban J connectivity index is 1.36. The van der Waals surface area contributed by atoms with E-state index in [9.17, 15) is 9.59 Å². The van der Waals surface area contributed by atoms with Crippen LogP contribution in [0.3, 0.4) is 0 Å². The Hall–Kier alpha value is -1.56. The third kappa shape index (κ3) is 3.16. The first-order chi connectivity index (χ1) is 11.7. The fraction of sp³-hybridized carbons (Fsp3) is 0.611. The Morgan fingerprint density at radius 3 is 3.00 bits per heavy atom. The normalized spacial score (nSPS) is 23.7. The van der Waals surface area contributed by atoms with Gasteiger partial charge in [-0.2, -0.15) is 16.9 Å². The average Bonchev–Trinajstić information content (AvgIpc) is 2.58. The van der Waals surface area contributed by atoms with Gasteiger partial charge in [-0.3, -0.25) is 9.59 Å². The molecule has 1 unspecified atom stereocenters. The van der Waals surface area contributed by atoms with Crippen molar-refractivity contribution in [2.45, 2.75) is 38.0 Å². The second-order valence-corrected chi connectivity index (χ2v) is 8.14. The number of amides is 1. The van der Waals surface area contributed by atoms with Crippen molar-refractivity contribution in [2.75, 3.05) is 18.8 Å². The topological polar surface area (TPSA) is 55.2 Å². The number of allylic oxidation sites excluding steroid dienone is 2. The highest BCUT2D eigenvalue weighted by atomic mass is 32.2. The van der Waals surface area contributed by atoms with Crippen LogP contribution < -0.4 is 5.56 Å². The van der Waals surface area contributed by atoms with Crippen molar-refractivity contribution in [3.05, 3.63) is 39.8 Å². The summed E-state index contributed by atoms with van der Waals surface area (Å²) in [4.78, 5) is 26.6. The van der Waals surface area contributed by atoms with Crippen molar-refractivity contribution in [3.8, 4) is 0 Å². The van der Waals surface area contributed by atoms with E-state index in [1.165, 1.54) is 0 Å². The molecule has 1 aromatic rings. The van der Waals surface area contributed by atoms with Gasteiger partial charge in [0.15, 0.2) is 0 Å². The molecule has 1 aromatic heterocycles. The van der Waals surface area contributed by atoms with Crippen LogP contribution in [0.1, 0.15) is 30.5 Å². The van der Waals surface area contributed by atoms with E-state index in [0.717, 1.165) is 61.5 Å². The number of carbonyl (C=O) groups excluding carboxylic acids is 1. The Kier molecular flexibility index (Phi) is 4.48. The SMILES string of the molecule is O=C(C1CC=CCC1)N1CC(Cn2nc3c(cc2=O)CSCC3)C1. The van der Waals surface area contributed by atoms with Crippen molar-refractivity contribution in [1.82, 2.24) is 14.7 Å². The lowest BCUT2D eigenvalue weighted by Gasteiger charge is -2.41. The third-order valence-corrected chi connectivity index (χ3v) is 6.23. The van der Waals surface area contributed by atoms with Gasteiger partial charge in [-0.25, -0.2) is 4.68 Å². The number of thioether (sulfide) groups is 1. The van der Waals surface area contributed by atoms with Crippen LogP contribution in [-0.4, -0.2) is 39.4 Å². The molecule has 0 radical (unpaired) electrons. The standard InChI is InChI=1S/C18H23N3O2S/c22-17-8-15-12-24-7-6-16(15)19-21(17)11-13-9-20(10-13)18(23)14-4-2-1-3-5-14/h1-2,8,13-14H,3-7,9-12H2. The summed E-state index contributed by atoms with van der Waals surface area (Å²) in [5.41, 5.74) is 2.18. The summed E-state index contributed by atoms with van der Waals surface area (Å²) in [6.07, 6.45) is 8.10. The van der Waals surface area contributed by atoms with Gasteiger partial charge in [0.25, 0.3) is 5.56 Å². The lowest BCUT2D eigenvalue weighted by molar-refractivity contribution is -0.142. The van der Waals surface area contributed by atoms with E-state index in [-0.39, 0.29) is 11.5 Å². The zero-order valence-corrected chi connectivity index (χ0v) is 14.6. The molecule has 2 aliphatic heterocycles. The molecule has 1 atom stereocenters. The van der Waals surface area contributed by atoms with Crippen LogP contribution in [0.4, 0.5) is 0 Å². The van der Waals surface area contributed by atoms with Gasteiger partial charge >= 0.3 is 0 Å². The monoisotopic (exact) mass is 345 g/mol. The van der Waals surface area contributed by atoms with Gasteiger partial charge in [0.05, 0.1) is 12.2 Å². The predicted octanol–water partition coefficient (Wildman–Crippen LogP) is 1.85. The lowest BCUT2D eigenvalue weighted by atomic mass is 9.90. The van der Waals surface area contributed by atoms with Gasteiger partial charge in [-0.1, -0.05) is 12.2 Å². The Morgan fingerprint density at radius 1 is 1.33 bits per heavy atom. The van der Waals surface area contributed by atoms with Gasteiger partial charge in [0.1, 0.15) is 0 Å². The number of nitrogens with zero attached hydrogens (tertiary/aromatic N) is 3. The molecule has 1 fully saturated rings. The molecular weight excluding hydrogens is 322 g/mol. The number of carbonyl (C=O) groups is 1. The van der Waals surface area contributed by atoms with Crippen molar-refractivity contribution >= 4 is 17.7 Å². The van der Waals surface area contributed by atoms with E-state index >= 15 is 0 Å². The molecule has 5 nitrogen and oxygen atoms in total. The first-order valence-electron chi connectivity index (χ1n) is 8.82. The van der Waals surface area contributed by atoms with Crippen LogP contribution in [0.2, 0.25) is 0 Å². The van der Waals surface area contributed by atoms with E-state index < -0.39 is 0 Å². The Labute approximate surface area is 146 Å². The number of hydrogen-bond acceptors (Lipinski definition) is 4. The zero-order chi connectivity index (χ0) is 16.5. The van der Waals surface area contributed by atoms with E-state index in [2.05, 4.69) is 17.3 Å². The Morgan fingerprint density at radius 2 is 2.21 bits per heavy atom.